The third kappa shape index (κ3) is 3.83. The molecule has 0 aliphatic carbocycles. The van der Waals surface area contributed by atoms with Crippen LogP contribution in [0.3, 0.4) is 0 Å². The van der Waals surface area contributed by atoms with Crippen LogP contribution in [0.1, 0.15) is 44.1 Å². The third-order valence-corrected chi connectivity index (χ3v) is 3.58. The minimum absolute atomic E-state index is 0.260. The van der Waals surface area contributed by atoms with Crippen LogP contribution in [-0.4, -0.2) is 16.1 Å². The van der Waals surface area contributed by atoms with Gasteiger partial charge in [0.1, 0.15) is 11.6 Å². The topological polar surface area (TPSA) is 29.9 Å². The molecule has 21 heavy (non-hydrogen) atoms. The molecule has 1 atom stereocenters. The molecule has 0 spiro atoms. The van der Waals surface area contributed by atoms with Crippen LogP contribution in [0.2, 0.25) is 5.02 Å². The van der Waals surface area contributed by atoms with E-state index >= 15 is 0 Å². The predicted molar refractivity (Wildman–Crippen MR) is 84.1 cm³/mol. The Bertz CT molecular complexity index is 583. The highest BCUT2D eigenvalue weighted by molar-refractivity contribution is 6.30. The Balaban J connectivity index is 2.39. The number of hydrogen-bond acceptors (Lipinski definition) is 2. The molecular formula is C16H21ClFN3. The first-order valence-corrected chi connectivity index (χ1v) is 7.74. The van der Waals surface area contributed by atoms with E-state index in [1.807, 2.05) is 6.20 Å². The van der Waals surface area contributed by atoms with Gasteiger partial charge >= 0.3 is 0 Å². The Morgan fingerprint density at radius 1 is 1.33 bits per heavy atom. The molecule has 0 aliphatic rings. The SMILES string of the molecule is CCCNC(c1ccc(Cl)cc1F)c1nccn1CCC. The summed E-state index contributed by atoms with van der Waals surface area (Å²) in [6.45, 7) is 5.86. The number of nitrogens with one attached hydrogen (secondary N) is 1. The van der Waals surface area contributed by atoms with Gasteiger partial charge in [-0.05, 0) is 31.5 Å². The molecule has 0 radical (unpaired) electrons. The second-order valence-electron chi connectivity index (χ2n) is 5.03. The fraction of sp³-hybridized carbons (Fsp3) is 0.438. The van der Waals surface area contributed by atoms with E-state index in [0.29, 0.717) is 10.6 Å². The average molecular weight is 310 g/mol. The van der Waals surface area contributed by atoms with E-state index in [4.69, 9.17) is 11.6 Å². The molecule has 0 saturated heterocycles. The molecule has 114 valence electrons. The summed E-state index contributed by atoms with van der Waals surface area (Å²) in [5, 5.41) is 3.79. The number of nitrogens with zero attached hydrogens (tertiary/aromatic N) is 2. The van der Waals surface area contributed by atoms with E-state index in [1.165, 1.54) is 6.07 Å². The molecular weight excluding hydrogens is 289 g/mol. The summed E-state index contributed by atoms with van der Waals surface area (Å²) in [4.78, 5) is 4.43. The van der Waals surface area contributed by atoms with E-state index in [-0.39, 0.29) is 11.9 Å². The lowest BCUT2D eigenvalue weighted by Gasteiger charge is -2.20. The van der Waals surface area contributed by atoms with E-state index in [1.54, 1.807) is 18.3 Å². The average Bonchev–Trinajstić information content (AvgIpc) is 2.90. The standard InChI is InChI=1S/C16H21ClFN3/c1-3-7-19-15(13-6-5-12(17)11-14(13)18)16-20-8-10-21(16)9-4-2/h5-6,8,10-11,15,19H,3-4,7,9H2,1-2H3. The van der Waals surface area contributed by atoms with Gasteiger partial charge in [-0.15, -0.1) is 0 Å². The predicted octanol–water partition coefficient (Wildman–Crippen LogP) is 4.17. The number of aromatic nitrogens is 2. The maximum Gasteiger partial charge on any atom is 0.130 e. The molecule has 1 aromatic carbocycles. The monoisotopic (exact) mass is 309 g/mol. The summed E-state index contributed by atoms with van der Waals surface area (Å²) < 4.78 is 16.3. The summed E-state index contributed by atoms with van der Waals surface area (Å²) in [5.41, 5.74) is 0.580. The van der Waals surface area contributed by atoms with E-state index in [9.17, 15) is 4.39 Å². The molecule has 2 rings (SSSR count). The van der Waals surface area contributed by atoms with Gasteiger partial charge < -0.3 is 9.88 Å². The largest absolute Gasteiger partial charge is 0.333 e. The van der Waals surface area contributed by atoms with Gasteiger partial charge in [-0.25, -0.2) is 9.37 Å². The number of hydrogen-bond donors (Lipinski definition) is 1. The van der Waals surface area contributed by atoms with Crippen LogP contribution in [0.25, 0.3) is 0 Å². The molecule has 2 aromatic rings. The molecule has 0 fully saturated rings. The summed E-state index contributed by atoms with van der Waals surface area (Å²) in [6.07, 6.45) is 5.68. The molecule has 0 saturated carbocycles. The molecule has 5 heteroatoms. The van der Waals surface area contributed by atoms with Crippen LogP contribution in [0, 0.1) is 5.82 Å². The summed E-state index contributed by atoms with van der Waals surface area (Å²) in [5.74, 6) is 0.536. The molecule has 1 N–H and O–H groups in total. The maximum absolute atomic E-state index is 14.3. The lowest BCUT2D eigenvalue weighted by molar-refractivity contribution is 0.504. The van der Waals surface area contributed by atoms with Gasteiger partial charge in [-0.1, -0.05) is 31.5 Å². The molecule has 3 nitrogen and oxygen atoms in total. The molecule has 0 aliphatic heterocycles. The zero-order chi connectivity index (χ0) is 15.2. The Morgan fingerprint density at radius 3 is 2.81 bits per heavy atom. The molecule has 1 unspecified atom stereocenters. The molecule has 1 heterocycles. The Kier molecular flexibility index (Phi) is 5.76. The first-order chi connectivity index (χ1) is 10.2. The minimum Gasteiger partial charge on any atom is -0.333 e. The van der Waals surface area contributed by atoms with Crippen molar-refractivity contribution in [3.8, 4) is 0 Å². The van der Waals surface area contributed by atoms with Crippen LogP contribution < -0.4 is 5.32 Å². The van der Waals surface area contributed by atoms with Gasteiger partial charge in [0, 0.05) is 29.5 Å². The first-order valence-electron chi connectivity index (χ1n) is 7.36. The van der Waals surface area contributed by atoms with Crippen molar-refractivity contribution in [2.75, 3.05) is 6.54 Å². The third-order valence-electron chi connectivity index (χ3n) is 3.34. The number of aryl methyl sites for hydroxylation is 1. The Labute approximate surface area is 130 Å². The van der Waals surface area contributed by atoms with Gasteiger partial charge in [-0.3, -0.25) is 0 Å². The lowest BCUT2D eigenvalue weighted by atomic mass is 10.0. The van der Waals surface area contributed by atoms with Crippen LogP contribution in [0.15, 0.2) is 30.6 Å². The van der Waals surface area contributed by atoms with Crippen molar-refractivity contribution in [3.63, 3.8) is 0 Å². The highest BCUT2D eigenvalue weighted by Crippen LogP contribution is 2.26. The van der Waals surface area contributed by atoms with Crippen molar-refractivity contribution in [1.82, 2.24) is 14.9 Å². The van der Waals surface area contributed by atoms with Gasteiger partial charge in [0.2, 0.25) is 0 Å². The smallest absolute Gasteiger partial charge is 0.130 e. The second-order valence-corrected chi connectivity index (χ2v) is 5.47. The summed E-state index contributed by atoms with van der Waals surface area (Å²) in [7, 11) is 0. The van der Waals surface area contributed by atoms with E-state index in [0.717, 1.165) is 31.8 Å². The van der Waals surface area contributed by atoms with Gasteiger partial charge in [-0.2, -0.15) is 0 Å². The number of imidazole rings is 1. The fourth-order valence-corrected chi connectivity index (χ4v) is 2.53. The van der Waals surface area contributed by atoms with Crippen LogP contribution >= 0.6 is 11.6 Å². The highest BCUT2D eigenvalue weighted by Gasteiger charge is 2.21. The second kappa shape index (κ2) is 7.57. The van der Waals surface area contributed by atoms with E-state index in [2.05, 4.69) is 28.7 Å². The zero-order valence-corrected chi connectivity index (χ0v) is 13.2. The highest BCUT2D eigenvalue weighted by atomic mass is 35.5. The van der Waals surface area contributed by atoms with Crippen molar-refractivity contribution in [2.45, 2.75) is 39.3 Å². The quantitative estimate of drug-likeness (QED) is 0.831. The van der Waals surface area contributed by atoms with Crippen molar-refractivity contribution >= 4 is 11.6 Å². The van der Waals surface area contributed by atoms with Gasteiger partial charge in [0.25, 0.3) is 0 Å². The zero-order valence-electron chi connectivity index (χ0n) is 12.4. The molecule has 0 amide bonds. The minimum atomic E-state index is -0.304. The van der Waals surface area contributed by atoms with Gasteiger partial charge in [0.05, 0.1) is 6.04 Å². The lowest BCUT2D eigenvalue weighted by Crippen LogP contribution is -2.27. The van der Waals surface area contributed by atoms with Gasteiger partial charge in [0.15, 0.2) is 0 Å². The first kappa shape index (κ1) is 16.0. The van der Waals surface area contributed by atoms with Crippen molar-refractivity contribution < 1.29 is 4.39 Å². The van der Waals surface area contributed by atoms with Crippen molar-refractivity contribution in [1.29, 1.82) is 0 Å². The molecule has 0 bridgehead atoms. The van der Waals surface area contributed by atoms with Crippen LogP contribution in [0.4, 0.5) is 4.39 Å². The van der Waals surface area contributed by atoms with E-state index < -0.39 is 0 Å². The summed E-state index contributed by atoms with van der Waals surface area (Å²) in [6, 6.07) is 4.54. The maximum atomic E-state index is 14.3. The normalized spacial score (nSPS) is 12.6. The Morgan fingerprint density at radius 2 is 2.14 bits per heavy atom. The fourth-order valence-electron chi connectivity index (χ4n) is 2.38. The van der Waals surface area contributed by atoms with Crippen LogP contribution in [0.5, 0.6) is 0 Å². The summed E-state index contributed by atoms with van der Waals surface area (Å²) >= 11 is 5.85. The van der Waals surface area contributed by atoms with Crippen molar-refractivity contribution in [2.24, 2.45) is 0 Å². The number of halogens is 2. The number of benzene rings is 1. The van der Waals surface area contributed by atoms with Crippen molar-refractivity contribution in [3.05, 3.63) is 52.8 Å². The number of rotatable bonds is 7. The van der Waals surface area contributed by atoms with Crippen LogP contribution in [-0.2, 0) is 6.54 Å². The molecule has 1 aromatic heterocycles. The Hall–Kier alpha value is -1.39.